The molecule has 0 bridgehead atoms. The van der Waals surface area contributed by atoms with Gasteiger partial charge in [-0.3, -0.25) is 19.7 Å². The van der Waals surface area contributed by atoms with Crippen molar-refractivity contribution in [1.82, 2.24) is 5.43 Å². The van der Waals surface area contributed by atoms with Crippen molar-refractivity contribution in [1.29, 1.82) is 0 Å². The van der Waals surface area contributed by atoms with E-state index in [9.17, 15) is 29.3 Å². The Balaban J connectivity index is 1.32. The number of anilines is 1. The molecule has 2 aromatic carbocycles. The lowest BCUT2D eigenvalue weighted by atomic mass is 9.95. The van der Waals surface area contributed by atoms with Crippen LogP contribution in [0.25, 0.3) is 0 Å². The lowest BCUT2D eigenvalue weighted by molar-refractivity contribution is -0.384. The molecule has 13 heteroatoms. The number of carbonyl (C=O) groups is 4. The number of nitro groups is 1. The van der Waals surface area contributed by atoms with E-state index in [2.05, 4.69) is 15.8 Å². The Morgan fingerprint density at radius 1 is 1.00 bits per heavy atom. The zero-order valence-corrected chi connectivity index (χ0v) is 22.1. The number of amides is 2. The third-order valence-corrected chi connectivity index (χ3v) is 7.08. The Morgan fingerprint density at radius 3 is 2.38 bits per heavy atom. The molecule has 0 unspecified atom stereocenters. The summed E-state index contributed by atoms with van der Waals surface area (Å²) in [4.78, 5) is 60.7. The molecule has 0 saturated heterocycles. The molecular formula is C27H24N4O8S. The Kier molecular flexibility index (Phi) is 8.96. The quantitative estimate of drug-likeness (QED) is 0.103. The minimum absolute atomic E-state index is 0.142. The maximum Gasteiger partial charge on any atom is 0.343 e. The first-order valence-corrected chi connectivity index (χ1v) is 13.1. The molecule has 1 aromatic heterocycles. The third kappa shape index (κ3) is 6.74. The molecule has 1 heterocycles. The standard InChI is InChI=1S/C27H24N4O8S/c1-2-38-27(35)22-20-5-3-4-6-21(20)40-25(22)29-23(32)24(33)30-28-15-16-7-13-19(14-8-16)39-26(34)17-9-11-18(12-10-17)31(36)37/h7-15H,2-6H2,1H3,(H,29,32)(H,30,33)/b28-15+. The number of nitrogens with one attached hydrogen (secondary N) is 2. The van der Waals surface area contributed by atoms with Gasteiger partial charge in [-0.2, -0.15) is 5.10 Å². The summed E-state index contributed by atoms with van der Waals surface area (Å²) >= 11 is 1.27. The molecule has 1 aliphatic carbocycles. The minimum atomic E-state index is -1.02. The van der Waals surface area contributed by atoms with Gasteiger partial charge in [0, 0.05) is 17.0 Å². The predicted molar refractivity (Wildman–Crippen MR) is 146 cm³/mol. The molecule has 12 nitrogen and oxygen atoms in total. The number of fused-ring (bicyclic) bond motifs is 1. The van der Waals surface area contributed by atoms with Crippen molar-refractivity contribution < 1.29 is 33.6 Å². The molecule has 206 valence electrons. The fourth-order valence-corrected chi connectivity index (χ4v) is 5.23. The summed E-state index contributed by atoms with van der Waals surface area (Å²) in [5.41, 5.74) is 3.85. The Morgan fingerprint density at radius 2 is 1.70 bits per heavy atom. The van der Waals surface area contributed by atoms with Gasteiger partial charge >= 0.3 is 23.8 Å². The molecular weight excluding hydrogens is 540 g/mol. The van der Waals surface area contributed by atoms with Crippen LogP contribution in [0.1, 0.15) is 56.5 Å². The number of hydrazone groups is 1. The second kappa shape index (κ2) is 12.8. The Hall–Kier alpha value is -4.91. The van der Waals surface area contributed by atoms with E-state index in [1.165, 1.54) is 53.9 Å². The van der Waals surface area contributed by atoms with Gasteiger partial charge < -0.3 is 14.8 Å². The van der Waals surface area contributed by atoms with Crippen molar-refractivity contribution >= 4 is 52.0 Å². The highest BCUT2D eigenvalue weighted by Gasteiger charge is 2.28. The van der Waals surface area contributed by atoms with Crippen LogP contribution in [-0.4, -0.2) is 41.5 Å². The van der Waals surface area contributed by atoms with Gasteiger partial charge in [-0.25, -0.2) is 15.0 Å². The van der Waals surface area contributed by atoms with Crippen LogP contribution < -0.4 is 15.5 Å². The van der Waals surface area contributed by atoms with E-state index in [0.717, 1.165) is 29.7 Å². The molecule has 0 saturated carbocycles. The van der Waals surface area contributed by atoms with Gasteiger partial charge in [0.05, 0.1) is 28.9 Å². The van der Waals surface area contributed by atoms with Crippen molar-refractivity contribution in [2.24, 2.45) is 5.10 Å². The van der Waals surface area contributed by atoms with Gasteiger partial charge in [-0.05, 0) is 80.1 Å². The van der Waals surface area contributed by atoms with Crippen molar-refractivity contribution in [2.45, 2.75) is 32.6 Å². The number of nitrogens with zero attached hydrogens (tertiary/aromatic N) is 2. The number of rotatable bonds is 8. The van der Waals surface area contributed by atoms with E-state index in [-0.39, 0.29) is 28.6 Å². The molecule has 1 aliphatic rings. The van der Waals surface area contributed by atoms with E-state index in [0.29, 0.717) is 17.5 Å². The van der Waals surface area contributed by atoms with Crippen molar-refractivity contribution in [3.8, 4) is 5.75 Å². The first-order valence-electron chi connectivity index (χ1n) is 12.3. The van der Waals surface area contributed by atoms with E-state index in [4.69, 9.17) is 9.47 Å². The van der Waals surface area contributed by atoms with Gasteiger partial charge in [-0.15, -0.1) is 11.3 Å². The number of thiophene rings is 1. The van der Waals surface area contributed by atoms with Crippen molar-refractivity contribution in [2.75, 3.05) is 11.9 Å². The van der Waals surface area contributed by atoms with E-state index < -0.39 is 28.7 Å². The molecule has 2 amide bonds. The number of ether oxygens (including phenoxy) is 2. The fraction of sp³-hybridized carbons (Fsp3) is 0.222. The Labute approximate surface area is 232 Å². The van der Waals surface area contributed by atoms with E-state index >= 15 is 0 Å². The minimum Gasteiger partial charge on any atom is -0.462 e. The maximum atomic E-state index is 12.5. The summed E-state index contributed by atoms with van der Waals surface area (Å²) in [6, 6.07) is 11.1. The average Bonchev–Trinajstić information content (AvgIpc) is 3.32. The highest BCUT2D eigenvalue weighted by atomic mass is 32.1. The monoisotopic (exact) mass is 564 g/mol. The molecule has 0 fully saturated rings. The summed E-state index contributed by atoms with van der Waals surface area (Å²) in [7, 11) is 0. The van der Waals surface area contributed by atoms with Crippen molar-refractivity contribution in [3.63, 3.8) is 0 Å². The topological polar surface area (TPSA) is 166 Å². The van der Waals surface area contributed by atoms with E-state index in [1.54, 1.807) is 19.1 Å². The van der Waals surface area contributed by atoms with Crippen LogP contribution in [0.15, 0.2) is 53.6 Å². The van der Waals surface area contributed by atoms with Gasteiger partial charge in [0.2, 0.25) is 0 Å². The third-order valence-electron chi connectivity index (χ3n) is 5.87. The summed E-state index contributed by atoms with van der Waals surface area (Å²) < 4.78 is 10.4. The number of non-ortho nitro benzene ring substituents is 1. The van der Waals surface area contributed by atoms with Crippen LogP contribution in [0.2, 0.25) is 0 Å². The SMILES string of the molecule is CCOC(=O)c1c(NC(=O)C(=O)N/N=C/c2ccc(OC(=O)c3ccc([N+](=O)[O-])cc3)cc2)sc2c1CCCC2. The summed E-state index contributed by atoms with van der Waals surface area (Å²) in [5.74, 6) is -2.99. The van der Waals surface area contributed by atoms with Crippen LogP contribution in [0, 0.1) is 10.1 Å². The first kappa shape index (κ1) is 28.1. The van der Waals surface area contributed by atoms with Gasteiger partial charge in [0.1, 0.15) is 10.8 Å². The number of esters is 2. The maximum absolute atomic E-state index is 12.5. The molecule has 0 spiro atoms. The normalized spacial score (nSPS) is 12.3. The second-order valence-electron chi connectivity index (χ2n) is 8.55. The fourth-order valence-electron chi connectivity index (χ4n) is 3.96. The smallest absolute Gasteiger partial charge is 0.343 e. The average molecular weight is 565 g/mol. The number of aryl methyl sites for hydroxylation is 1. The van der Waals surface area contributed by atoms with Crippen LogP contribution in [-0.2, 0) is 27.2 Å². The zero-order chi connectivity index (χ0) is 28.6. The highest BCUT2D eigenvalue weighted by Crippen LogP contribution is 2.38. The molecule has 0 radical (unpaired) electrons. The number of hydrogen-bond donors (Lipinski definition) is 2. The van der Waals surface area contributed by atoms with Crippen LogP contribution in [0.3, 0.4) is 0 Å². The lowest BCUT2D eigenvalue weighted by Gasteiger charge is -2.12. The van der Waals surface area contributed by atoms with E-state index in [1.807, 2.05) is 0 Å². The summed E-state index contributed by atoms with van der Waals surface area (Å²) in [6.45, 7) is 1.89. The molecule has 0 aliphatic heterocycles. The van der Waals surface area contributed by atoms with Gasteiger partial charge in [-0.1, -0.05) is 0 Å². The number of carbonyl (C=O) groups excluding carboxylic acids is 4. The molecule has 4 rings (SSSR count). The number of hydrogen-bond acceptors (Lipinski definition) is 10. The molecule has 40 heavy (non-hydrogen) atoms. The number of nitro benzene ring substituents is 1. The molecule has 2 N–H and O–H groups in total. The largest absolute Gasteiger partial charge is 0.462 e. The number of benzene rings is 2. The van der Waals surface area contributed by atoms with Crippen LogP contribution >= 0.6 is 11.3 Å². The highest BCUT2D eigenvalue weighted by molar-refractivity contribution is 7.17. The summed E-state index contributed by atoms with van der Waals surface area (Å²) in [5, 5.41) is 17.3. The second-order valence-corrected chi connectivity index (χ2v) is 9.66. The molecule has 3 aromatic rings. The van der Waals surface area contributed by atoms with Gasteiger partial charge in [0.25, 0.3) is 5.69 Å². The van der Waals surface area contributed by atoms with Crippen LogP contribution in [0.4, 0.5) is 10.7 Å². The van der Waals surface area contributed by atoms with Crippen molar-refractivity contribution in [3.05, 3.63) is 85.8 Å². The first-order chi connectivity index (χ1) is 19.3. The van der Waals surface area contributed by atoms with Gasteiger partial charge in [0.15, 0.2) is 0 Å². The van der Waals surface area contributed by atoms with Crippen LogP contribution in [0.5, 0.6) is 5.75 Å². The lowest BCUT2D eigenvalue weighted by Crippen LogP contribution is -2.32. The zero-order valence-electron chi connectivity index (χ0n) is 21.3. The predicted octanol–water partition coefficient (Wildman–Crippen LogP) is 4.02. The Bertz CT molecular complexity index is 1480. The summed E-state index contributed by atoms with van der Waals surface area (Å²) in [6.07, 6.45) is 4.72. The molecule has 0 atom stereocenters.